The van der Waals surface area contributed by atoms with Gasteiger partial charge in [0.2, 0.25) is 0 Å². The molecule has 1 aliphatic heterocycles. The standard InChI is InChI=1S/C24H30N4O4/c1-17(24(30)28-10-12-31-13-11-28)32-22-6-2-5-20-18(15-27-23(20)22)7-9-26-16-21(29)19-4-3-8-25-14-19/h2-6,8,14-15,17,21,26-27,29H,7,9-13,16H2,1H3/t17-,21-/m0/s1. The highest BCUT2D eigenvalue weighted by Crippen LogP contribution is 2.28. The van der Waals surface area contributed by atoms with E-state index in [0.717, 1.165) is 35.0 Å². The van der Waals surface area contributed by atoms with E-state index in [1.54, 1.807) is 24.2 Å². The maximum atomic E-state index is 12.7. The van der Waals surface area contributed by atoms with E-state index in [9.17, 15) is 9.90 Å². The van der Waals surface area contributed by atoms with Crippen LogP contribution in [0.4, 0.5) is 0 Å². The summed E-state index contributed by atoms with van der Waals surface area (Å²) in [5, 5.41) is 14.6. The molecule has 3 heterocycles. The minimum atomic E-state index is -0.586. The molecular weight excluding hydrogens is 408 g/mol. The van der Waals surface area contributed by atoms with Gasteiger partial charge < -0.3 is 29.8 Å². The Kier molecular flexibility index (Phi) is 7.36. The molecule has 2 atom stereocenters. The summed E-state index contributed by atoms with van der Waals surface area (Å²) >= 11 is 0. The van der Waals surface area contributed by atoms with Crippen molar-refractivity contribution < 1.29 is 19.4 Å². The van der Waals surface area contributed by atoms with Crippen molar-refractivity contribution in [3.8, 4) is 5.75 Å². The zero-order valence-electron chi connectivity index (χ0n) is 18.3. The molecule has 0 aliphatic carbocycles. The number of aliphatic hydroxyl groups is 1. The summed E-state index contributed by atoms with van der Waals surface area (Å²) in [5.41, 5.74) is 2.84. The highest BCUT2D eigenvalue weighted by Gasteiger charge is 2.24. The molecular formula is C24H30N4O4. The minimum Gasteiger partial charge on any atom is -0.479 e. The number of para-hydroxylation sites is 1. The van der Waals surface area contributed by atoms with Crippen LogP contribution in [0.5, 0.6) is 5.75 Å². The molecule has 170 valence electrons. The number of ether oxygens (including phenoxy) is 2. The number of aliphatic hydroxyl groups excluding tert-OH is 1. The highest BCUT2D eigenvalue weighted by molar-refractivity contribution is 5.89. The lowest BCUT2D eigenvalue weighted by Crippen LogP contribution is -2.46. The molecule has 1 fully saturated rings. The molecule has 4 rings (SSSR count). The molecule has 0 saturated carbocycles. The molecule has 0 radical (unpaired) electrons. The van der Waals surface area contributed by atoms with Gasteiger partial charge in [-0.1, -0.05) is 18.2 Å². The van der Waals surface area contributed by atoms with Gasteiger partial charge in [0.15, 0.2) is 6.10 Å². The van der Waals surface area contributed by atoms with E-state index in [4.69, 9.17) is 9.47 Å². The van der Waals surface area contributed by atoms with Gasteiger partial charge in [0.05, 0.1) is 24.8 Å². The predicted octanol–water partition coefficient (Wildman–Crippen LogP) is 2.05. The van der Waals surface area contributed by atoms with Gasteiger partial charge in [-0.05, 0) is 37.6 Å². The van der Waals surface area contributed by atoms with Crippen molar-refractivity contribution in [2.45, 2.75) is 25.6 Å². The van der Waals surface area contributed by atoms with E-state index < -0.39 is 12.2 Å². The number of hydrogen-bond donors (Lipinski definition) is 3. The fraction of sp³-hybridized carbons (Fsp3) is 0.417. The smallest absolute Gasteiger partial charge is 0.263 e. The molecule has 8 heteroatoms. The van der Waals surface area contributed by atoms with Gasteiger partial charge in [0, 0.05) is 49.2 Å². The Morgan fingerprint density at radius 2 is 2.16 bits per heavy atom. The number of pyridine rings is 1. The number of amides is 1. The first-order valence-corrected chi connectivity index (χ1v) is 11.0. The van der Waals surface area contributed by atoms with Crippen molar-refractivity contribution in [3.63, 3.8) is 0 Å². The number of fused-ring (bicyclic) bond motifs is 1. The van der Waals surface area contributed by atoms with Crippen LogP contribution in [-0.4, -0.2) is 71.4 Å². The number of benzene rings is 1. The molecule has 0 bridgehead atoms. The van der Waals surface area contributed by atoms with Crippen molar-refractivity contribution in [3.05, 3.63) is 60.0 Å². The monoisotopic (exact) mass is 438 g/mol. The summed E-state index contributed by atoms with van der Waals surface area (Å²) in [7, 11) is 0. The number of carbonyl (C=O) groups is 1. The third-order valence-electron chi connectivity index (χ3n) is 5.72. The highest BCUT2D eigenvalue weighted by atomic mass is 16.5. The molecule has 3 aromatic rings. The van der Waals surface area contributed by atoms with Crippen molar-refractivity contribution in [2.75, 3.05) is 39.4 Å². The number of nitrogens with zero attached hydrogens (tertiary/aromatic N) is 2. The fourth-order valence-corrected chi connectivity index (χ4v) is 3.92. The lowest BCUT2D eigenvalue weighted by atomic mass is 10.1. The lowest BCUT2D eigenvalue weighted by Gasteiger charge is -2.29. The van der Waals surface area contributed by atoms with Gasteiger partial charge >= 0.3 is 0 Å². The van der Waals surface area contributed by atoms with Gasteiger partial charge in [0.25, 0.3) is 5.91 Å². The van der Waals surface area contributed by atoms with Gasteiger partial charge in [0.1, 0.15) is 5.75 Å². The first kappa shape index (κ1) is 22.3. The molecule has 1 amide bonds. The molecule has 32 heavy (non-hydrogen) atoms. The summed E-state index contributed by atoms with van der Waals surface area (Å²) in [6, 6.07) is 9.56. The van der Waals surface area contributed by atoms with Crippen LogP contribution in [0.1, 0.15) is 24.2 Å². The Bertz CT molecular complexity index is 1020. The number of aromatic nitrogens is 2. The number of morpholine rings is 1. The van der Waals surface area contributed by atoms with E-state index >= 15 is 0 Å². The Labute approximate surface area is 187 Å². The van der Waals surface area contributed by atoms with Crippen LogP contribution in [0, 0.1) is 0 Å². The molecule has 3 N–H and O–H groups in total. The summed E-state index contributed by atoms with van der Waals surface area (Å²) < 4.78 is 11.4. The van der Waals surface area contributed by atoms with Crippen LogP contribution in [0.2, 0.25) is 0 Å². The number of nitrogens with one attached hydrogen (secondary N) is 2. The lowest BCUT2D eigenvalue weighted by molar-refractivity contribution is -0.142. The molecule has 8 nitrogen and oxygen atoms in total. The average Bonchev–Trinajstić information content (AvgIpc) is 3.26. The third-order valence-corrected chi connectivity index (χ3v) is 5.72. The summed E-state index contributed by atoms with van der Waals surface area (Å²) in [4.78, 5) is 21.8. The Morgan fingerprint density at radius 3 is 2.94 bits per heavy atom. The van der Waals surface area contributed by atoms with Crippen molar-refractivity contribution in [1.82, 2.24) is 20.2 Å². The Hall–Kier alpha value is -2.94. The summed E-state index contributed by atoms with van der Waals surface area (Å²) in [5.74, 6) is 0.649. The van der Waals surface area contributed by atoms with Gasteiger partial charge in [-0.3, -0.25) is 9.78 Å². The number of H-pyrrole nitrogens is 1. The van der Waals surface area contributed by atoms with Gasteiger partial charge in [-0.2, -0.15) is 0 Å². The maximum absolute atomic E-state index is 12.7. The summed E-state index contributed by atoms with van der Waals surface area (Å²) in [6.45, 7) is 5.32. The molecule has 1 aliphatic rings. The Balaban J connectivity index is 1.33. The van der Waals surface area contributed by atoms with Crippen LogP contribution in [-0.2, 0) is 16.0 Å². The first-order chi connectivity index (χ1) is 15.6. The number of rotatable bonds is 9. The minimum absolute atomic E-state index is 0.0199. The van der Waals surface area contributed by atoms with Crippen molar-refractivity contribution >= 4 is 16.8 Å². The van der Waals surface area contributed by atoms with Gasteiger partial charge in [-0.25, -0.2) is 0 Å². The van der Waals surface area contributed by atoms with E-state index in [1.165, 1.54) is 0 Å². The first-order valence-electron chi connectivity index (χ1n) is 11.0. The van der Waals surface area contributed by atoms with Crippen LogP contribution >= 0.6 is 0 Å². The van der Waals surface area contributed by atoms with E-state index in [2.05, 4.69) is 15.3 Å². The van der Waals surface area contributed by atoms with E-state index in [0.29, 0.717) is 38.6 Å². The predicted molar refractivity (Wildman–Crippen MR) is 122 cm³/mol. The quantitative estimate of drug-likeness (QED) is 0.442. The molecule has 0 unspecified atom stereocenters. The largest absolute Gasteiger partial charge is 0.479 e. The van der Waals surface area contributed by atoms with Crippen LogP contribution in [0.15, 0.2) is 48.9 Å². The average molecular weight is 439 g/mol. The van der Waals surface area contributed by atoms with Crippen molar-refractivity contribution in [1.29, 1.82) is 0 Å². The molecule has 0 spiro atoms. The number of carbonyl (C=O) groups excluding carboxylic acids is 1. The molecule has 1 aromatic carbocycles. The molecule has 1 saturated heterocycles. The Morgan fingerprint density at radius 1 is 1.31 bits per heavy atom. The fourth-order valence-electron chi connectivity index (χ4n) is 3.92. The zero-order valence-corrected chi connectivity index (χ0v) is 18.3. The molecule has 2 aromatic heterocycles. The normalized spacial score (nSPS) is 16.1. The summed E-state index contributed by atoms with van der Waals surface area (Å²) in [6.07, 6.45) is 4.99. The second kappa shape index (κ2) is 10.6. The zero-order chi connectivity index (χ0) is 22.3. The van der Waals surface area contributed by atoms with E-state index in [1.807, 2.05) is 36.5 Å². The van der Waals surface area contributed by atoms with Crippen LogP contribution in [0.3, 0.4) is 0 Å². The number of hydrogen-bond acceptors (Lipinski definition) is 6. The van der Waals surface area contributed by atoms with Gasteiger partial charge in [-0.15, -0.1) is 0 Å². The van der Waals surface area contributed by atoms with Crippen LogP contribution in [0.25, 0.3) is 10.9 Å². The maximum Gasteiger partial charge on any atom is 0.263 e. The number of aromatic amines is 1. The van der Waals surface area contributed by atoms with E-state index in [-0.39, 0.29) is 5.91 Å². The van der Waals surface area contributed by atoms with Crippen molar-refractivity contribution in [2.24, 2.45) is 0 Å². The second-order valence-corrected chi connectivity index (χ2v) is 7.95. The third kappa shape index (κ3) is 5.27. The second-order valence-electron chi connectivity index (χ2n) is 7.95. The topological polar surface area (TPSA) is 99.7 Å². The SMILES string of the molecule is C[C@H](Oc1cccc2c(CCNC[C@H](O)c3cccnc3)c[nH]c12)C(=O)N1CCOCC1. The van der Waals surface area contributed by atoms with Crippen LogP contribution < -0.4 is 10.1 Å².